The molecule has 20 heavy (non-hydrogen) atoms. The van der Waals surface area contributed by atoms with E-state index in [-0.39, 0.29) is 6.04 Å². The Hall–Kier alpha value is -0.560. The lowest BCUT2D eigenvalue weighted by atomic mass is 10.3. The fourth-order valence-electron chi connectivity index (χ4n) is 2.64. The number of ether oxygens (including phenoxy) is 1. The number of alkyl halides is 1. The van der Waals surface area contributed by atoms with Crippen molar-refractivity contribution in [2.24, 2.45) is 0 Å². The first-order chi connectivity index (χ1) is 9.54. The highest BCUT2D eigenvalue weighted by molar-refractivity contribution is 7.89. The summed E-state index contributed by atoms with van der Waals surface area (Å²) in [6.45, 7) is 3.19. The first kappa shape index (κ1) is 14.4. The number of rotatable bonds is 4. The summed E-state index contributed by atoms with van der Waals surface area (Å²) < 4.78 is 34.3. The van der Waals surface area contributed by atoms with Crippen LogP contribution in [0.25, 0.3) is 0 Å². The summed E-state index contributed by atoms with van der Waals surface area (Å²) in [6.07, 6.45) is 3.95. The Morgan fingerprint density at radius 3 is 2.80 bits per heavy atom. The molecule has 0 spiro atoms. The van der Waals surface area contributed by atoms with Crippen molar-refractivity contribution < 1.29 is 13.2 Å². The van der Waals surface area contributed by atoms with Gasteiger partial charge in [0.25, 0.3) is 0 Å². The first-order valence-electron chi connectivity index (χ1n) is 6.90. The summed E-state index contributed by atoms with van der Waals surface area (Å²) in [4.78, 5) is 0.355. The Morgan fingerprint density at radius 2 is 2.20 bits per heavy atom. The van der Waals surface area contributed by atoms with Gasteiger partial charge in [-0.05, 0) is 25.8 Å². The minimum atomic E-state index is -3.45. The Kier molecular flexibility index (Phi) is 3.83. The van der Waals surface area contributed by atoms with Gasteiger partial charge in [0.2, 0.25) is 10.0 Å². The SMILES string of the molecule is CC1COCCN1S(=O)(=O)c1cc(CCl)n(C2CC2)c1. The van der Waals surface area contributed by atoms with E-state index in [2.05, 4.69) is 0 Å². The van der Waals surface area contributed by atoms with Gasteiger partial charge in [0.15, 0.2) is 0 Å². The van der Waals surface area contributed by atoms with E-state index in [0.717, 1.165) is 18.5 Å². The zero-order valence-electron chi connectivity index (χ0n) is 11.5. The van der Waals surface area contributed by atoms with Crippen molar-refractivity contribution >= 4 is 21.6 Å². The molecule has 0 bridgehead atoms. The monoisotopic (exact) mass is 318 g/mol. The number of morpholine rings is 1. The van der Waals surface area contributed by atoms with Crippen LogP contribution in [0, 0.1) is 0 Å². The van der Waals surface area contributed by atoms with Crippen LogP contribution in [0.5, 0.6) is 0 Å². The summed E-state index contributed by atoms with van der Waals surface area (Å²) in [5.74, 6) is 0.338. The number of nitrogens with zero attached hydrogens (tertiary/aromatic N) is 2. The molecule has 0 N–H and O–H groups in total. The highest BCUT2D eigenvalue weighted by atomic mass is 35.5. The van der Waals surface area contributed by atoms with Gasteiger partial charge in [-0.1, -0.05) is 0 Å². The number of sulfonamides is 1. The standard InChI is InChI=1S/C13H19ClN2O3S/c1-10-9-19-5-4-16(10)20(17,18)13-6-12(7-14)15(8-13)11-2-3-11/h6,8,10-11H,2-5,7,9H2,1H3. The van der Waals surface area contributed by atoms with Crippen LogP contribution in [0.3, 0.4) is 0 Å². The second-order valence-corrected chi connectivity index (χ2v) is 7.64. The maximum Gasteiger partial charge on any atom is 0.244 e. The van der Waals surface area contributed by atoms with Crippen molar-refractivity contribution in [3.63, 3.8) is 0 Å². The number of hydrogen-bond donors (Lipinski definition) is 0. The smallest absolute Gasteiger partial charge is 0.244 e. The van der Waals surface area contributed by atoms with Crippen molar-refractivity contribution in [1.82, 2.24) is 8.87 Å². The van der Waals surface area contributed by atoms with Gasteiger partial charge < -0.3 is 9.30 Å². The highest BCUT2D eigenvalue weighted by Crippen LogP contribution is 2.38. The Labute approximate surface area is 124 Å². The van der Waals surface area contributed by atoms with Crippen LogP contribution in [0.2, 0.25) is 0 Å². The molecule has 2 aliphatic rings. The van der Waals surface area contributed by atoms with E-state index in [0.29, 0.717) is 36.6 Å². The molecule has 1 atom stereocenters. The van der Waals surface area contributed by atoms with Crippen molar-refractivity contribution in [1.29, 1.82) is 0 Å². The van der Waals surface area contributed by atoms with Gasteiger partial charge in [-0.15, -0.1) is 11.6 Å². The molecule has 1 saturated carbocycles. The molecular formula is C13H19ClN2O3S. The molecule has 112 valence electrons. The Morgan fingerprint density at radius 1 is 1.45 bits per heavy atom. The third-order valence-electron chi connectivity index (χ3n) is 3.90. The summed E-state index contributed by atoms with van der Waals surface area (Å²) in [6, 6.07) is 2.01. The molecule has 1 aromatic rings. The lowest BCUT2D eigenvalue weighted by molar-refractivity contribution is 0.0393. The topological polar surface area (TPSA) is 51.5 Å². The summed E-state index contributed by atoms with van der Waals surface area (Å²) in [5, 5.41) is 0. The molecule has 5 nitrogen and oxygen atoms in total. The van der Waals surface area contributed by atoms with E-state index in [1.54, 1.807) is 12.3 Å². The predicted octanol–water partition coefficient (Wildman–Crippen LogP) is 1.97. The molecule has 1 aliphatic carbocycles. The van der Waals surface area contributed by atoms with Gasteiger partial charge in [-0.3, -0.25) is 0 Å². The zero-order chi connectivity index (χ0) is 14.3. The molecule has 1 aromatic heterocycles. The van der Waals surface area contributed by atoms with Crippen LogP contribution in [-0.2, 0) is 20.6 Å². The third kappa shape index (κ3) is 2.50. The Balaban J connectivity index is 1.94. The molecule has 0 amide bonds. The van der Waals surface area contributed by atoms with E-state index in [1.165, 1.54) is 4.31 Å². The van der Waals surface area contributed by atoms with E-state index in [9.17, 15) is 8.42 Å². The summed E-state index contributed by atoms with van der Waals surface area (Å²) in [5.41, 5.74) is 0.883. The maximum atomic E-state index is 12.7. The molecule has 1 unspecified atom stereocenters. The highest BCUT2D eigenvalue weighted by Gasteiger charge is 2.34. The fraction of sp³-hybridized carbons (Fsp3) is 0.692. The maximum absolute atomic E-state index is 12.7. The zero-order valence-corrected chi connectivity index (χ0v) is 13.0. The van der Waals surface area contributed by atoms with Gasteiger partial charge in [0.05, 0.1) is 19.1 Å². The van der Waals surface area contributed by atoms with Crippen molar-refractivity contribution in [3.05, 3.63) is 18.0 Å². The number of hydrogen-bond acceptors (Lipinski definition) is 3. The average molecular weight is 319 g/mol. The minimum Gasteiger partial charge on any atom is -0.378 e. The second kappa shape index (κ2) is 5.33. The fourth-order valence-corrected chi connectivity index (χ4v) is 4.51. The molecule has 1 aliphatic heterocycles. The van der Waals surface area contributed by atoms with Gasteiger partial charge in [-0.25, -0.2) is 8.42 Å². The minimum absolute atomic E-state index is 0.127. The van der Waals surface area contributed by atoms with Crippen LogP contribution in [0.1, 0.15) is 31.5 Å². The summed E-state index contributed by atoms with van der Waals surface area (Å²) >= 11 is 5.93. The van der Waals surface area contributed by atoms with E-state index in [1.807, 2.05) is 11.5 Å². The molecule has 0 aromatic carbocycles. The van der Waals surface area contributed by atoms with Gasteiger partial charge in [0, 0.05) is 30.5 Å². The van der Waals surface area contributed by atoms with E-state index >= 15 is 0 Å². The molecule has 7 heteroatoms. The van der Waals surface area contributed by atoms with Crippen molar-refractivity contribution in [3.8, 4) is 0 Å². The average Bonchev–Trinajstić information content (AvgIpc) is 3.17. The third-order valence-corrected chi connectivity index (χ3v) is 6.15. The van der Waals surface area contributed by atoms with Gasteiger partial charge >= 0.3 is 0 Å². The summed E-state index contributed by atoms with van der Waals surface area (Å²) in [7, 11) is -3.45. The Bertz CT molecular complexity index is 595. The van der Waals surface area contributed by atoms with Crippen molar-refractivity contribution in [2.45, 2.75) is 42.6 Å². The molecular weight excluding hydrogens is 300 g/mol. The van der Waals surface area contributed by atoms with E-state index < -0.39 is 10.0 Å². The van der Waals surface area contributed by atoms with Crippen LogP contribution >= 0.6 is 11.6 Å². The quantitative estimate of drug-likeness (QED) is 0.798. The van der Waals surface area contributed by atoms with Crippen molar-refractivity contribution in [2.75, 3.05) is 19.8 Å². The molecule has 1 saturated heterocycles. The largest absolute Gasteiger partial charge is 0.378 e. The predicted molar refractivity (Wildman–Crippen MR) is 76.4 cm³/mol. The molecule has 2 fully saturated rings. The molecule has 2 heterocycles. The van der Waals surface area contributed by atoms with Crippen LogP contribution in [0.15, 0.2) is 17.2 Å². The van der Waals surface area contributed by atoms with Gasteiger partial charge in [0.1, 0.15) is 4.90 Å². The second-order valence-electron chi connectivity index (χ2n) is 5.48. The van der Waals surface area contributed by atoms with Crippen LogP contribution < -0.4 is 0 Å². The number of aromatic nitrogens is 1. The molecule has 0 radical (unpaired) electrons. The van der Waals surface area contributed by atoms with Crippen LogP contribution in [0.4, 0.5) is 0 Å². The number of halogens is 1. The first-order valence-corrected chi connectivity index (χ1v) is 8.88. The lowest BCUT2D eigenvalue weighted by Gasteiger charge is -2.31. The molecule has 3 rings (SSSR count). The normalized spacial score (nSPS) is 25.0. The lowest BCUT2D eigenvalue weighted by Crippen LogP contribution is -2.46. The van der Waals surface area contributed by atoms with Crippen LogP contribution in [-0.4, -0.2) is 43.1 Å². The van der Waals surface area contributed by atoms with E-state index in [4.69, 9.17) is 16.3 Å². The van der Waals surface area contributed by atoms with Gasteiger partial charge in [-0.2, -0.15) is 4.31 Å².